The first-order valence-electron chi connectivity index (χ1n) is 14.5. The zero-order valence-corrected chi connectivity index (χ0v) is 27.6. The van der Waals surface area contributed by atoms with Crippen LogP contribution in [0.5, 0.6) is 0 Å². The summed E-state index contributed by atoms with van der Waals surface area (Å²) in [4.78, 5) is 29.9. The van der Waals surface area contributed by atoms with Crippen molar-refractivity contribution in [2.45, 2.75) is 44.7 Å². The molecule has 4 aromatic rings. The minimum Gasteiger partial charge on any atom is -0.354 e. The molecule has 0 saturated heterocycles. The number of carbonyl (C=O) groups is 2. The quantitative estimate of drug-likeness (QED) is 0.179. The lowest BCUT2D eigenvalue weighted by atomic mass is 10.0. The molecule has 4 aromatic carbocycles. The van der Waals surface area contributed by atoms with Gasteiger partial charge in [0.25, 0.3) is 10.0 Å². The van der Waals surface area contributed by atoms with E-state index in [9.17, 15) is 18.0 Å². The van der Waals surface area contributed by atoms with Crippen LogP contribution in [-0.2, 0) is 32.6 Å². The maximum atomic E-state index is 14.5. The Labute approximate surface area is 269 Å². The summed E-state index contributed by atoms with van der Waals surface area (Å²) < 4.78 is 30.1. The van der Waals surface area contributed by atoms with E-state index in [2.05, 4.69) is 21.2 Å². The topological polar surface area (TPSA) is 86.8 Å². The first kappa shape index (κ1) is 33.0. The largest absolute Gasteiger partial charge is 0.354 e. The Balaban J connectivity index is 1.79. The number of carbonyl (C=O) groups excluding carboxylic acids is 2. The molecule has 0 aliphatic carbocycles. The van der Waals surface area contributed by atoms with E-state index >= 15 is 0 Å². The van der Waals surface area contributed by atoms with Crippen molar-refractivity contribution >= 4 is 43.5 Å². The number of hydrogen-bond acceptors (Lipinski definition) is 4. The van der Waals surface area contributed by atoms with Gasteiger partial charge in [0.2, 0.25) is 11.8 Å². The predicted octanol–water partition coefficient (Wildman–Crippen LogP) is 6.37. The third kappa shape index (κ3) is 8.80. The summed E-state index contributed by atoms with van der Waals surface area (Å²) in [6, 6.07) is 31.3. The van der Waals surface area contributed by atoms with Crippen LogP contribution in [0.1, 0.15) is 30.5 Å². The van der Waals surface area contributed by atoms with Crippen LogP contribution in [0.4, 0.5) is 5.69 Å². The van der Waals surface area contributed by atoms with Gasteiger partial charge in [-0.3, -0.25) is 13.9 Å². The van der Waals surface area contributed by atoms with Crippen molar-refractivity contribution in [2.24, 2.45) is 5.92 Å². The van der Waals surface area contributed by atoms with Crippen LogP contribution in [0.15, 0.2) is 119 Å². The van der Waals surface area contributed by atoms with Crippen molar-refractivity contribution in [3.8, 4) is 0 Å². The Kier molecular flexibility index (Phi) is 11.4. The highest BCUT2D eigenvalue weighted by molar-refractivity contribution is 9.10. The van der Waals surface area contributed by atoms with Crippen molar-refractivity contribution in [3.05, 3.63) is 130 Å². The van der Waals surface area contributed by atoms with Gasteiger partial charge in [0, 0.05) is 24.0 Å². The zero-order valence-electron chi connectivity index (χ0n) is 25.2. The van der Waals surface area contributed by atoms with E-state index < -0.39 is 28.5 Å². The van der Waals surface area contributed by atoms with Gasteiger partial charge in [-0.25, -0.2) is 8.42 Å². The summed E-state index contributed by atoms with van der Waals surface area (Å²) >= 11 is 3.51. The van der Waals surface area contributed by atoms with Crippen molar-refractivity contribution in [1.82, 2.24) is 10.2 Å². The number of halogens is 1. The summed E-state index contributed by atoms with van der Waals surface area (Å²) in [5, 5.41) is 3.01. The van der Waals surface area contributed by atoms with Crippen LogP contribution >= 0.6 is 15.9 Å². The maximum Gasteiger partial charge on any atom is 0.264 e. The molecule has 0 spiro atoms. The lowest BCUT2D eigenvalue weighted by molar-refractivity contribution is -0.140. The number of sulfonamides is 1. The molecule has 0 radical (unpaired) electrons. The molecular weight excluding hydrogens is 638 g/mol. The zero-order chi connectivity index (χ0) is 31.7. The molecule has 7 nitrogen and oxygen atoms in total. The molecule has 2 amide bonds. The standard InChI is InChI=1S/C35H38BrN3O4S/c1-26(2)23-37-35(41)33(22-28-13-6-4-7-14-28)38(24-29-15-11-16-30(36)21-29)34(40)25-39(31-17-10-12-27(3)20-31)44(42,43)32-18-8-5-9-19-32/h4-21,26,33H,22-25H2,1-3H3,(H,37,41)/t33-/m1/s1. The summed E-state index contributed by atoms with van der Waals surface area (Å²) in [5.74, 6) is -0.580. The second-order valence-corrected chi connectivity index (χ2v) is 13.9. The van der Waals surface area contributed by atoms with Gasteiger partial charge in [0.05, 0.1) is 10.6 Å². The van der Waals surface area contributed by atoms with Crippen LogP contribution < -0.4 is 9.62 Å². The molecule has 9 heteroatoms. The van der Waals surface area contributed by atoms with E-state index in [0.29, 0.717) is 12.2 Å². The fourth-order valence-corrected chi connectivity index (χ4v) is 6.71. The smallest absolute Gasteiger partial charge is 0.264 e. The van der Waals surface area contributed by atoms with Gasteiger partial charge in [-0.1, -0.05) is 103 Å². The molecule has 0 fully saturated rings. The SMILES string of the molecule is Cc1cccc(N(CC(=O)N(Cc2cccc(Br)c2)[C@H](Cc2ccccc2)C(=O)NCC(C)C)S(=O)(=O)c2ccccc2)c1. The average Bonchev–Trinajstić information content (AvgIpc) is 3.01. The number of amides is 2. The lowest BCUT2D eigenvalue weighted by Gasteiger charge is -2.34. The number of hydrogen-bond donors (Lipinski definition) is 1. The summed E-state index contributed by atoms with van der Waals surface area (Å²) in [6.07, 6.45) is 0.264. The third-order valence-electron chi connectivity index (χ3n) is 7.10. The van der Waals surface area contributed by atoms with Crippen LogP contribution in [0.2, 0.25) is 0 Å². The molecule has 1 atom stereocenters. The first-order chi connectivity index (χ1) is 21.0. The van der Waals surface area contributed by atoms with Gasteiger partial charge >= 0.3 is 0 Å². The van der Waals surface area contributed by atoms with Crippen LogP contribution in [0.3, 0.4) is 0 Å². The number of nitrogens with one attached hydrogen (secondary N) is 1. The molecular formula is C35H38BrN3O4S. The van der Waals surface area contributed by atoms with Crippen LogP contribution in [0.25, 0.3) is 0 Å². The Morgan fingerprint density at radius 3 is 2.09 bits per heavy atom. The molecule has 1 N–H and O–H groups in total. The third-order valence-corrected chi connectivity index (χ3v) is 9.38. The molecule has 0 aliphatic rings. The summed E-state index contributed by atoms with van der Waals surface area (Å²) in [7, 11) is -4.13. The minimum atomic E-state index is -4.13. The van der Waals surface area contributed by atoms with E-state index in [1.54, 1.807) is 36.4 Å². The lowest BCUT2D eigenvalue weighted by Crippen LogP contribution is -2.53. The molecule has 0 saturated carbocycles. The van der Waals surface area contributed by atoms with Gasteiger partial charge in [-0.05, 0) is 65.9 Å². The van der Waals surface area contributed by atoms with Gasteiger partial charge < -0.3 is 10.2 Å². The fourth-order valence-electron chi connectivity index (χ4n) is 4.84. The van der Waals surface area contributed by atoms with Gasteiger partial charge in [-0.15, -0.1) is 0 Å². The number of nitrogens with zero attached hydrogens (tertiary/aromatic N) is 2. The maximum absolute atomic E-state index is 14.5. The Bertz CT molecular complexity index is 1660. The van der Waals surface area contributed by atoms with Gasteiger partial charge in [0.1, 0.15) is 12.6 Å². The van der Waals surface area contributed by atoms with Crippen molar-refractivity contribution in [1.29, 1.82) is 0 Å². The Morgan fingerprint density at radius 1 is 0.818 bits per heavy atom. The van der Waals surface area contributed by atoms with Crippen LogP contribution in [0, 0.1) is 12.8 Å². The number of benzene rings is 4. The molecule has 0 aliphatic heterocycles. The summed E-state index contributed by atoms with van der Waals surface area (Å²) in [6.45, 7) is 5.94. The molecule has 230 valence electrons. The van der Waals surface area contributed by atoms with E-state index in [1.165, 1.54) is 17.0 Å². The fraction of sp³-hybridized carbons (Fsp3) is 0.257. The Hall–Kier alpha value is -3.95. The molecule has 0 heterocycles. The highest BCUT2D eigenvalue weighted by atomic mass is 79.9. The summed E-state index contributed by atoms with van der Waals surface area (Å²) in [5.41, 5.74) is 2.91. The molecule has 4 rings (SSSR count). The van der Waals surface area contributed by atoms with E-state index in [1.807, 2.05) is 81.4 Å². The highest BCUT2D eigenvalue weighted by Gasteiger charge is 2.34. The highest BCUT2D eigenvalue weighted by Crippen LogP contribution is 2.26. The second-order valence-electron chi connectivity index (χ2n) is 11.2. The predicted molar refractivity (Wildman–Crippen MR) is 179 cm³/mol. The van der Waals surface area contributed by atoms with E-state index in [-0.39, 0.29) is 29.7 Å². The second kappa shape index (κ2) is 15.2. The number of aryl methyl sites for hydroxylation is 1. The number of rotatable bonds is 13. The van der Waals surface area contributed by atoms with Crippen molar-refractivity contribution < 1.29 is 18.0 Å². The normalized spacial score (nSPS) is 12.0. The molecule has 44 heavy (non-hydrogen) atoms. The average molecular weight is 677 g/mol. The minimum absolute atomic E-state index is 0.0726. The molecule has 0 bridgehead atoms. The van der Waals surface area contributed by atoms with Crippen LogP contribution in [-0.4, -0.2) is 44.3 Å². The van der Waals surface area contributed by atoms with Gasteiger partial charge in [0.15, 0.2) is 0 Å². The van der Waals surface area contributed by atoms with Gasteiger partial charge in [-0.2, -0.15) is 0 Å². The monoisotopic (exact) mass is 675 g/mol. The molecule has 0 aromatic heterocycles. The number of anilines is 1. The molecule has 0 unspecified atom stereocenters. The first-order valence-corrected chi connectivity index (χ1v) is 16.8. The van der Waals surface area contributed by atoms with Crippen molar-refractivity contribution in [3.63, 3.8) is 0 Å². The van der Waals surface area contributed by atoms with E-state index in [4.69, 9.17) is 0 Å². The van der Waals surface area contributed by atoms with E-state index in [0.717, 1.165) is 25.5 Å². The van der Waals surface area contributed by atoms with Crippen molar-refractivity contribution in [2.75, 3.05) is 17.4 Å². The Morgan fingerprint density at radius 2 is 1.45 bits per heavy atom.